The molecule has 2 amide bonds. The fourth-order valence-electron chi connectivity index (χ4n) is 2.93. The number of rotatable bonds is 6. The summed E-state index contributed by atoms with van der Waals surface area (Å²) in [7, 11) is 0. The first-order chi connectivity index (χ1) is 12.6. The molecule has 0 atom stereocenters. The largest absolute Gasteiger partial charge is 0.368 e. The Morgan fingerprint density at radius 2 is 1.77 bits per heavy atom. The molecule has 138 valence electrons. The number of piperazine rings is 1. The molecule has 1 N–H and O–H groups in total. The van der Waals surface area contributed by atoms with E-state index in [1.807, 2.05) is 17.5 Å². The molecule has 1 aliphatic rings. The van der Waals surface area contributed by atoms with Crippen molar-refractivity contribution in [1.82, 2.24) is 10.2 Å². The molecule has 5 nitrogen and oxygen atoms in total. The topological polar surface area (TPSA) is 52.7 Å². The van der Waals surface area contributed by atoms with E-state index in [0.717, 1.165) is 10.6 Å². The van der Waals surface area contributed by atoms with Gasteiger partial charge in [-0.1, -0.05) is 6.07 Å². The van der Waals surface area contributed by atoms with Gasteiger partial charge >= 0.3 is 0 Å². The molecule has 1 aromatic carbocycles. The van der Waals surface area contributed by atoms with E-state index in [1.165, 1.54) is 12.1 Å². The van der Waals surface area contributed by atoms with Crippen LogP contribution in [0.25, 0.3) is 0 Å². The fraction of sp³-hybridized carbons (Fsp3) is 0.368. The number of anilines is 1. The fourth-order valence-corrected chi connectivity index (χ4v) is 3.58. The highest BCUT2D eigenvalue weighted by atomic mass is 32.1. The van der Waals surface area contributed by atoms with Crippen LogP contribution in [-0.2, 0) is 16.1 Å². The third kappa shape index (κ3) is 5.05. The summed E-state index contributed by atoms with van der Waals surface area (Å²) in [6.45, 7) is 3.17. The number of benzene rings is 1. The smallest absolute Gasteiger partial charge is 0.223 e. The lowest BCUT2D eigenvalue weighted by Crippen LogP contribution is -2.48. The number of carbonyl (C=O) groups is 2. The highest BCUT2D eigenvalue weighted by Gasteiger charge is 2.21. The van der Waals surface area contributed by atoms with Gasteiger partial charge < -0.3 is 15.1 Å². The Hall–Kier alpha value is -2.41. The van der Waals surface area contributed by atoms with E-state index in [2.05, 4.69) is 10.2 Å². The van der Waals surface area contributed by atoms with Gasteiger partial charge in [-0.2, -0.15) is 0 Å². The van der Waals surface area contributed by atoms with Gasteiger partial charge in [0, 0.05) is 49.6 Å². The van der Waals surface area contributed by atoms with Crippen LogP contribution in [0, 0.1) is 5.82 Å². The maximum atomic E-state index is 13.0. The van der Waals surface area contributed by atoms with Crippen molar-refractivity contribution in [1.29, 1.82) is 0 Å². The maximum Gasteiger partial charge on any atom is 0.223 e. The van der Waals surface area contributed by atoms with Gasteiger partial charge in [-0.3, -0.25) is 9.59 Å². The summed E-state index contributed by atoms with van der Waals surface area (Å²) >= 11 is 1.60. The van der Waals surface area contributed by atoms with Gasteiger partial charge in [-0.15, -0.1) is 11.3 Å². The normalized spacial score (nSPS) is 14.3. The second-order valence-corrected chi connectivity index (χ2v) is 7.23. The molecule has 0 aliphatic carbocycles. The van der Waals surface area contributed by atoms with Crippen LogP contribution < -0.4 is 10.2 Å². The lowest BCUT2D eigenvalue weighted by Gasteiger charge is -2.36. The molecule has 1 aromatic heterocycles. The minimum absolute atomic E-state index is 0.00929. The predicted molar refractivity (Wildman–Crippen MR) is 101 cm³/mol. The van der Waals surface area contributed by atoms with E-state index in [4.69, 9.17) is 0 Å². The van der Waals surface area contributed by atoms with Crippen molar-refractivity contribution < 1.29 is 14.0 Å². The zero-order valence-electron chi connectivity index (χ0n) is 14.5. The van der Waals surface area contributed by atoms with Gasteiger partial charge in [0.2, 0.25) is 11.8 Å². The van der Waals surface area contributed by atoms with Crippen LogP contribution >= 0.6 is 11.3 Å². The molecule has 7 heteroatoms. The third-order valence-electron chi connectivity index (χ3n) is 4.43. The van der Waals surface area contributed by atoms with E-state index in [-0.39, 0.29) is 30.5 Å². The van der Waals surface area contributed by atoms with Gasteiger partial charge in [0.1, 0.15) is 5.82 Å². The molecule has 1 fully saturated rings. The monoisotopic (exact) mass is 375 g/mol. The highest BCUT2D eigenvalue weighted by molar-refractivity contribution is 7.09. The molecule has 0 spiro atoms. The van der Waals surface area contributed by atoms with Crippen molar-refractivity contribution in [3.63, 3.8) is 0 Å². The van der Waals surface area contributed by atoms with Crippen LogP contribution in [0.5, 0.6) is 0 Å². The number of halogens is 1. The maximum absolute atomic E-state index is 13.0. The summed E-state index contributed by atoms with van der Waals surface area (Å²) in [4.78, 5) is 29.2. The van der Waals surface area contributed by atoms with E-state index in [0.29, 0.717) is 32.7 Å². The minimum Gasteiger partial charge on any atom is -0.368 e. The van der Waals surface area contributed by atoms with Crippen molar-refractivity contribution in [2.75, 3.05) is 31.1 Å². The Labute approximate surface area is 156 Å². The number of hydrogen-bond acceptors (Lipinski definition) is 4. The summed E-state index contributed by atoms with van der Waals surface area (Å²) in [5.74, 6) is -0.341. The van der Waals surface area contributed by atoms with Crippen LogP contribution in [-0.4, -0.2) is 42.9 Å². The summed E-state index contributed by atoms with van der Waals surface area (Å²) in [5, 5.41) is 4.81. The standard InChI is InChI=1S/C19H22FN3O2S/c20-15-3-5-16(6-4-15)22-9-11-23(12-10-22)19(25)8-7-18(24)21-14-17-2-1-13-26-17/h1-6,13H,7-12,14H2,(H,21,24). The first-order valence-corrected chi connectivity index (χ1v) is 9.57. The average Bonchev–Trinajstić information content (AvgIpc) is 3.19. The summed E-state index contributed by atoms with van der Waals surface area (Å²) < 4.78 is 13.0. The molecule has 0 saturated carbocycles. The number of carbonyl (C=O) groups excluding carboxylic acids is 2. The molecule has 3 rings (SSSR count). The Bertz CT molecular complexity index is 726. The van der Waals surface area contributed by atoms with E-state index in [9.17, 15) is 14.0 Å². The molecule has 2 aromatic rings. The summed E-state index contributed by atoms with van der Waals surface area (Å²) in [6.07, 6.45) is 0.440. The second-order valence-electron chi connectivity index (χ2n) is 6.20. The van der Waals surface area contributed by atoms with E-state index < -0.39 is 0 Å². The molecule has 0 unspecified atom stereocenters. The van der Waals surface area contributed by atoms with Crippen LogP contribution in [0.2, 0.25) is 0 Å². The first kappa shape index (κ1) is 18.4. The van der Waals surface area contributed by atoms with Crippen molar-refractivity contribution in [3.8, 4) is 0 Å². The first-order valence-electron chi connectivity index (χ1n) is 8.69. The van der Waals surface area contributed by atoms with Gasteiger partial charge in [0.05, 0.1) is 6.54 Å². The Balaban J connectivity index is 1.38. The van der Waals surface area contributed by atoms with Crippen molar-refractivity contribution >= 4 is 28.8 Å². The number of thiophene rings is 1. The van der Waals surface area contributed by atoms with Gasteiger partial charge in [-0.05, 0) is 35.7 Å². The zero-order valence-corrected chi connectivity index (χ0v) is 15.3. The molecule has 2 heterocycles. The number of hydrogen-bond donors (Lipinski definition) is 1. The zero-order chi connectivity index (χ0) is 18.4. The van der Waals surface area contributed by atoms with Crippen LogP contribution in [0.3, 0.4) is 0 Å². The highest BCUT2D eigenvalue weighted by Crippen LogP contribution is 2.17. The molecule has 1 saturated heterocycles. The number of nitrogens with zero attached hydrogens (tertiary/aromatic N) is 2. The molecular weight excluding hydrogens is 353 g/mol. The summed E-state index contributed by atoms with van der Waals surface area (Å²) in [6, 6.07) is 10.3. The van der Waals surface area contributed by atoms with Crippen molar-refractivity contribution in [3.05, 3.63) is 52.5 Å². The quantitative estimate of drug-likeness (QED) is 0.845. The van der Waals surface area contributed by atoms with E-state index in [1.54, 1.807) is 28.4 Å². The Kier molecular flexibility index (Phi) is 6.22. The molecule has 0 bridgehead atoms. The van der Waals surface area contributed by atoms with Crippen molar-refractivity contribution in [2.24, 2.45) is 0 Å². The van der Waals surface area contributed by atoms with Crippen molar-refractivity contribution in [2.45, 2.75) is 19.4 Å². The van der Waals surface area contributed by atoms with Crippen LogP contribution in [0.1, 0.15) is 17.7 Å². The average molecular weight is 375 g/mol. The second kappa shape index (κ2) is 8.80. The molecule has 0 radical (unpaired) electrons. The van der Waals surface area contributed by atoms with Gasteiger partial charge in [-0.25, -0.2) is 4.39 Å². The Morgan fingerprint density at radius 1 is 1.04 bits per heavy atom. The minimum atomic E-state index is -0.250. The molecule has 26 heavy (non-hydrogen) atoms. The number of amides is 2. The number of nitrogens with one attached hydrogen (secondary N) is 1. The van der Waals surface area contributed by atoms with E-state index >= 15 is 0 Å². The Morgan fingerprint density at radius 3 is 2.42 bits per heavy atom. The third-order valence-corrected chi connectivity index (χ3v) is 5.31. The molecule has 1 aliphatic heterocycles. The van der Waals surface area contributed by atoms with Gasteiger partial charge in [0.25, 0.3) is 0 Å². The predicted octanol–water partition coefficient (Wildman–Crippen LogP) is 2.63. The molecular formula is C19H22FN3O2S. The lowest BCUT2D eigenvalue weighted by molar-refractivity contribution is -0.133. The van der Waals surface area contributed by atoms with Crippen LogP contribution in [0.15, 0.2) is 41.8 Å². The summed E-state index contributed by atoms with van der Waals surface area (Å²) in [5.41, 5.74) is 0.964. The van der Waals surface area contributed by atoms with Gasteiger partial charge in [0.15, 0.2) is 0 Å². The van der Waals surface area contributed by atoms with Crippen LogP contribution in [0.4, 0.5) is 10.1 Å². The SMILES string of the molecule is O=C(CCC(=O)N1CCN(c2ccc(F)cc2)CC1)NCc1cccs1. The lowest BCUT2D eigenvalue weighted by atomic mass is 10.2.